The maximum absolute atomic E-state index is 12.8. The number of nitrogens with zero attached hydrogens (tertiary/aromatic N) is 4. The van der Waals surface area contributed by atoms with E-state index in [4.69, 9.17) is 4.74 Å². The van der Waals surface area contributed by atoms with Crippen molar-refractivity contribution in [2.24, 2.45) is 0 Å². The highest BCUT2D eigenvalue weighted by Gasteiger charge is 2.45. The van der Waals surface area contributed by atoms with E-state index in [0.717, 1.165) is 25.7 Å². The van der Waals surface area contributed by atoms with Gasteiger partial charge in [-0.15, -0.1) is 0 Å². The van der Waals surface area contributed by atoms with Crippen molar-refractivity contribution >= 4 is 23.5 Å². The predicted molar refractivity (Wildman–Crippen MR) is 93.0 cm³/mol. The lowest BCUT2D eigenvalue weighted by molar-refractivity contribution is -0.389. The smallest absolute Gasteiger partial charge is 0.366 e. The summed E-state index contributed by atoms with van der Waals surface area (Å²) in [6.07, 6.45) is 4.05. The quantitative estimate of drug-likeness (QED) is 0.600. The minimum Gasteiger partial charge on any atom is -0.472 e. The zero-order valence-corrected chi connectivity index (χ0v) is 14.9. The van der Waals surface area contributed by atoms with Crippen LogP contribution in [0.1, 0.15) is 39.5 Å². The molecular weight excluding hydrogens is 340 g/mol. The topological polar surface area (TPSA) is 106 Å². The molecule has 0 atom stereocenters. The number of ether oxygens (including phenoxy) is 1. The number of anilines is 1. The second kappa shape index (κ2) is 6.89. The first kappa shape index (κ1) is 18.1. The van der Waals surface area contributed by atoms with Gasteiger partial charge in [0.15, 0.2) is 11.4 Å². The summed E-state index contributed by atoms with van der Waals surface area (Å²) in [5, 5.41) is 11.0. The Kier molecular flexibility index (Phi) is 4.80. The van der Waals surface area contributed by atoms with Gasteiger partial charge in [0, 0.05) is 19.2 Å². The highest BCUT2D eigenvalue weighted by molar-refractivity contribution is 6.05. The van der Waals surface area contributed by atoms with Crippen LogP contribution < -0.4 is 9.64 Å². The van der Waals surface area contributed by atoms with Crippen LogP contribution in [0.25, 0.3) is 0 Å². The molecule has 2 amide bonds. The third kappa shape index (κ3) is 3.47. The third-order valence-electron chi connectivity index (χ3n) is 4.64. The first-order valence-electron chi connectivity index (χ1n) is 8.74. The maximum Gasteiger partial charge on any atom is 0.366 e. The van der Waals surface area contributed by atoms with Crippen LogP contribution in [0.3, 0.4) is 0 Å². The molecule has 26 heavy (non-hydrogen) atoms. The number of rotatable bonds is 3. The van der Waals surface area contributed by atoms with Gasteiger partial charge in [0.1, 0.15) is 6.54 Å². The molecule has 0 saturated carbocycles. The zero-order valence-electron chi connectivity index (χ0n) is 14.9. The standard InChI is InChI=1S/C17H22N4O5/c1-17(2)16(23)20(11-14(22)19-9-5-3-4-6-10-19)15-12(26-17)7-8-13(18-15)21(24)25/h7-8H,3-6,9-11H2,1-2H3. The second-order valence-corrected chi connectivity index (χ2v) is 7.05. The van der Waals surface area contributed by atoms with Crippen molar-refractivity contribution in [3.63, 3.8) is 0 Å². The van der Waals surface area contributed by atoms with Crippen LogP contribution >= 0.6 is 0 Å². The summed E-state index contributed by atoms with van der Waals surface area (Å²) in [7, 11) is 0. The minimum absolute atomic E-state index is 0.0201. The molecule has 3 heterocycles. The Labute approximate surface area is 151 Å². The van der Waals surface area contributed by atoms with E-state index < -0.39 is 22.2 Å². The van der Waals surface area contributed by atoms with Gasteiger partial charge in [-0.05, 0) is 42.7 Å². The lowest BCUT2D eigenvalue weighted by Gasteiger charge is -2.36. The molecule has 0 unspecified atom stereocenters. The molecule has 0 radical (unpaired) electrons. The summed E-state index contributed by atoms with van der Waals surface area (Å²) < 4.78 is 5.64. The molecule has 1 aromatic rings. The molecular formula is C17H22N4O5. The maximum atomic E-state index is 12.8. The van der Waals surface area contributed by atoms with Crippen molar-refractivity contribution < 1.29 is 19.2 Å². The Morgan fingerprint density at radius 1 is 1.27 bits per heavy atom. The zero-order chi connectivity index (χ0) is 18.9. The summed E-state index contributed by atoms with van der Waals surface area (Å²) in [6.45, 7) is 4.32. The molecule has 0 bridgehead atoms. The van der Waals surface area contributed by atoms with Crippen LogP contribution in [0, 0.1) is 10.1 Å². The largest absolute Gasteiger partial charge is 0.472 e. The van der Waals surface area contributed by atoms with Crippen LogP contribution in [0.5, 0.6) is 5.75 Å². The van der Waals surface area contributed by atoms with Crippen LogP contribution in [-0.4, -0.2) is 51.9 Å². The molecule has 0 N–H and O–H groups in total. The van der Waals surface area contributed by atoms with Gasteiger partial charge < -0.3 is 19.8 Å². The van der Waals surface area contributed by atoms with Crippen LogP contribution in [0.2, 0.25) is 0 Å². The van der Waals surface area contributed by atoms with E-state index in [1.165, 1.54) is 17.0 Å². The van der Waals surface area contributed by atoms with Gasteiger partial charge in [-0.3, -0.25) is 14.5 Å². The fourth-order valence-electron chi connectivity index (χ4n) is 3.24. The molecule has 9 heteroatoms. The lowest BCUT2D eigenvalue weighted by atomic mass is 10.1. The van der Waals surface area contributed by atoms with Crippen molar-refractivity contribution in [3.05, 3.63) is 22.2 Å². The number of amides is 2. The van der Waals surface area contributed by atoms with Crippen molar-refractivity contribution in [1.82, 2.24) is 9.88 Å². The molecule has 2 aliphatic rings. The van der Waals surface area contributed by atoms with Crippen LogP contribution in [0.15, 0.2) is 12.1 Å². The summed E-state index contributed by atoms with van der Waals surface area (Å²) in [5.41, 5.74) is -1.18. The van der Waals surface area contributed by atoms with E-state index in [0.29, 0.717) is 13.1 Å². The van der Waals surface area contributed by atoms with Gasteiger partial charge in [-0.25, -0.2) is 0 Å². The summed E-state index contributed by atoms with van der Waals surface area (Å²) in [5.74, 6) is -0.749. The number of nitro groups is 1. The van der Waals surface area contributed by atoms with Gasteiger partial charge in [-0.2, -0.15) is 0 Å². The minimum atomic E-state index is -1.18. The molecule has 2 aliphatic heterocycles. The van der Waals surface area contributed by atoms with Gasteiger partial charge in [0.05, 0.1) is 0 Å². The van der Waals surface area contributed by atoms with Gasteiger partial charge >= 0.3 is 5.82 Å². The molecule has 3 rings (SSSR count). The molecule has 0 spiro atoms. The average Bonchev–Trinajstić information content (AvgIpc) is 2.87. The molecule has 0 aliphatic carbocycles. The number of fused-ring (bicyclic) bond motifs is 1. The summed E-state index contributed by atoms with van der Waals surface area (Å²) in [6, 6.07) is 2.64. The van der Waals surface area contributed by atoms with Gasteiger partial charge in [-0.1, -0.05) is 12.8 Å². The van der Waals surface area contributed by atoms with E-state index in [-0.39, 0.29) is 24.0 Å². The first-order chi connectivity index (χ1) is 12.3. The molecule has 1 aromatic heterocycles. The Morgan fingerprint density at radius 3 is 2.54 bits per heavy atom. The third-order valence-corrected chi connectivity index (χ3v) is 4.64. The molecule has 0 aromatic carbocycles. The highest BCUT2D eigenvalue weighted by Crippen LogP contribution is 2.37. The normalized spacial score (nSPS) is 19.4. The van der Waals surface area contributed by atoms with Crippen molar-refractivity contribution in [2.75, 3.05) is 24.5 Å². The van der Waals surface area contributed by atoms with Crippen LogP contribution in [-0.2, 0) is 9.59 Å². The van der Waals surface area contributed by atoms with E-state index in [1.807, 2.05) is 0 Å². The average molecular weight is 362 g/mol. The van der Waals surface area contributed by atoms with Crippen molar-refractivity contribution in [2.45, 2.75) is 45.1 Å². The van der Waals surface area contributed by atoms with Crippen molar-refractivity contribution in [3.8, 4) is 5.75 Å². The number of aromatic nitrogens is 1. The highest BCUT2D eigenvalue weighted by atomic mass is 16.6. The molecule has 9 nitrogen and oxygen atoms in total. The Morgan fingerprint density at radius 2 is 1.92 bits per heavy atom. The SMILES string of the molecule is CC1(C)Oc2ccc([N+](=O)[O-])nc2N(CC(=O)N2CCCCCC2)C1=O. The fourth-order valence-corrected chi connectivity index (χ4v) is 3.24. The molecule has 140 valence electrons. The summed E-state index contributed by atoms with van der Waals surface area (Å²) >= 11 is 0. The fraction of sp³-hybridized carbons (Fsp3) is 0.588. The van der Waals surface area contributed by atoms with Crippen molar-refractivity contribution in [1.29, 1.82) is 0 Å². The number of hydrogen-bond donors (Lipinski definition) is 0. The Hall–Kier alpha value is -2.71. The Bertz CT molecular complexity index is 741. The summed E-state index contributed by atoms with van der Waals surface area (Å²) in [4.78, 5) is 42.8. The van der Waals surface area contributed by atoms with Crippen LogP contribution in [0.4, 0.5) is 11.6 Å². The number of hydrogen-bond acceptors (Lipinski definition) is 6. The van der Waals surface area contributed by atoms with E-state index in [2.05, 4.69) is 4.98 Å². The number of carbonyl (C=O) groups excluding carboxylic acids is 2. The van der Waals surface area contributed by atoms with E-state index >= 15 is 0 Å². The van der Waals surface area contributed by atoms with Gasteiger partial charge in [0.25, 0.3) is 11.7 Å². The van der Waals surface area contributed by atoms with E-state index in [9.17, 15) is 19.7 Å². The monoisotopic (exact) mass is 362 g/mol. The van der Waals surface area contributed by atoms with Gasteiger partial charge in [0.2, 0.25) is 5.91 Å². The van der Waals surface area contributed by atoms with E-state index in [1.54, 1.807) is 18.7 Å². The lowest BCUT2D eigenvalue weighted by Crippen LogP contribution is -2.55. The predicted octanol–water partition coefficient (Wildman–Crippen LogP) is 1.90. The Balaban J connectivity index is 1.91. The second-order valence-electron chi connectivity index (χ2n) is 7.05. The number of carbonyl (C=O) groups is 2. The molecule has 1 saturated heterocycles. The first-order valence-corrected chi connectivity index (χ1v) is 8.74. The number of likely N-dealkylation sites (tertiary alicyclic amines) is 1. The molecule has 1 fully saturated rings. The number of pyridine rings is 1.